The van der Waals surface area contributed by atoms with Gasteiger partial charge in [-0.25, -0.2) is 10.2 Å². The molecule has 0 saturated carbocycles. The van der Waals surface area contributed by atoms with Crippen LogP contribution in [0.1, 0.15) is 37.7 Å². The minimum atomic E-state index is -1.10. The maximum atomic E-state index is 12.3. The Labute approximate surface area is 187 Å². The van der Waals surface area contributed by atoms with Crippen LogP contribution in [0, 0.1) is 13.8 Å². The first-order chi connectivity index (χ1) is 14.2. The summed E-state index contributed by atoms with van der Waals surface area (Å²) >= 11 is 17.8. The zero-order chi connectivity index (χ0) is 22.0. The number of nitrogens with one attached hydrogen (secondary N) is 1. The molecule has 1 amide bonds. The molecule has 1 heterocycles. The van der Waals surface area contributed by atoms with Gasteiger partial charge in [0.1, 0.15) is 0 Å². The van der Waals surface area contributed by atoms with Crippen molar-refractivity contribution in [1.29, 1.82) is 0 Å². The number of benzene rings is 2. The molecule has 1 aromatic heterocycles. The summed E-state index contributed by atoms with van der Waals surface area (Å²) in [7, 11) is 0. The van der Waals surface area contributed by atoms with E-state index in [0.717, 1.165) is 17.0 Å². The number of halogens is 3. The van der Waals surface area contributed by atoms with Crippen molar-refractivity contribution in [3.05, 3.63) is 85.6 Å². The second-order valence-corrected chi connectivity index (χ2v) is 7.71. The Morgan fingerprint density at radius 2 is 1.73 bits per heavy atom. The molecule has 2 aromatic carbocycles. The molecular formula is C21H16Cl3N3O3. The highest BCUT2D eigenvalue weighted by Crippen LogP contribution is 2.25. The van der Waals surface area contributed by atoms with Crippen molar-refractivity contribution in [2.45, 2.75) is 13.8 Å². The fourth-order valence-corrected chi connectivity index (χ4v) is 3.72. The van der Waals surface area contributed by atoms with E-state index in [1.165, 1.54) is 24.4 Å². The summed E-state index contributed by atoms with van der Waals surface area (Å²) in [6, 6.07) is 11.2. The molecule has 30 heavy (non-hydrogen) atoms. The van der Waals surface area contributed by atoms with Crippen LogP contribution in [0.15, 0.2) is 47.6 Å². The second-order valence-electron chi connectivity index (χ2n) is 6.45. The highest BCUT2D eigenvalue weighted by atomic mass is 35.5. The van der Waals surface area contributed by atoms with E-state index in [-0.39, 0.29) is 21.2 Å². The van der Waals surface area contributed by atoms with Crippen molar-refractivity contribution in [3.63, 3.8) is 0 Å². The number of aromatic carboxylic acids is 1. The smallest absolute Gasteiger partial charge is 0.337 e. The summed E-state index contributed by atoms with van der Waals surface area (Å²) in [5, 5.41) is 14.1. The van der Waals surface area contributed by atoms with E-state index < -0.39 is 11.9 Å². The molecular weight excluding hydrogens is 449 g/mol. The molecule has 6 nitrogen and oxygen atoms in total. The van der Waals surface area contributed by atoms with Gasteiger partial charge in [0.15, 0.2) is 0 Å². The van der Waals surface area contributed by atoms with Gasteiger partial charge in [-0.3, -0.25) is 4.79 Å². The molecule has 0 aliphatic rings. The van der Waals surface area contributed by atoms with Gasteiger partial charge in [0, 0.05) is 27.7 Å². The molecule has 0 spiro atoms. The lowest BCUT2D eigenvalue weighted by Crippen LogP contribution is -2.18. The van der Waals surface area contributed by atoms with E-state index >= 15 is 0 Å². The number of hydrogen-bond acceptors (Lipinski definition) is 3. The highest BCUT2D eigenvalue weighted by molar-refractivity contribution is 6.36. The van der Waals surface area contributed by atoms with Gasteiger partial charge >= 0.3 is 5.97 Å². The molecule has 3 aromatic rings. The average molecular weight is 465 g/mol. The van der Waals surface area contributed by atoms with Crippen molar-refractivity contribution >= 4 is 52.9 Å². The molecule has 0 bridgehead atoms. The second kappa shape index (κ2) is 8.92. The number of hydrogen-bond donors (Lipinski definition) is 2. The Kier molecular flexibility index (Phi) is 6.51. The van der Waals surface area contributed by atoms with E-state index in [0.29, 0.717) is 10.7 Å². The Morgan fingerprint density at radius 3 is 2.40 bits per heavy atom. The van der Waals surface area contributed by atoms with Gasteiger partial charge in [-0.15, -0.1) is 0 Å². The Hall–Kier alpha value is -2.80. The Bertz CT molecular complexity index is 1190. The van der Waals surface area contributed by atoms with Crippen molar-refractivity contribution in [1.82, 2.24) is 9.99 Å². The molecule has 0 aliphatic carbocycles. The minimum absolute atomic E-state index is 0.0176. The van der Waals surface area contributed by atoms with Crippen LogP contribution in [0.3, 0.4) is 0 Å². The van der Waals surface area contributed by atoms with Crippen LogP contribution >= 0.6 is 34.8 Å². The number of nitrogens with zero attached hydrogens (tertiary/aromatic N) is 2. The van der Waals surface area contributed by atoms with E-state index in [9.17, 15) is 14.7 Å². The monoisotopic (exact) mass is 463 g/mol. The molecule has 0 fully saturated rings. The number of rotatable bonds is 5. The van der Waals surface area contributed by atoms with Crippen LogP contribution in [-0.4, -0.2) is 27.8 Å². The molecule has 0 atom stereocenters. The molecule has 0 radical (unpaired) electrons. The third-order valence-corrected chi connectivity index (χ3v) is 5.33. The standard InChI is InChI=1S/C21H16Cl3N3O3/c1-11-7-13(10-25-26-20(28)16-5-3-14(22)8-19(16)24)12(2)27(11)15-4-6-18(23)17(9-15)21(29)30/h3-10H,1-2H3,(H,26,28)(H,29,30)/b25-10-. The molecule has 9 heteroatoms. The van der Waals surface area contributed by atoms with Gasteiger partial charge in [-0.1, -0.05) is 34.8 Å². The largest absolute Gasteiger partial charge is 0.478 e. The summed E-state index contributed by atoms with van der Waals surface area (Å²) in [6.07, 6.45) is 1.51. The van der Waals surface area contributed by atoms with E-state index in [4.69, 9.17) is 34.8 Å². The summed E-state index contributed by atoms with van der Waals surface area (Å²) in [5.41, 5.74) is 5.79. The van der Waals surface area contributed by atoms with Gasteiger partial charge in [0.05, 0.1) is 27.4 Å². The number of carboxylic acids is 1. The van der Waals surface area contributed by atoms with Crippen molar-refractivity contribution in [3.8, 4) is 5.69 Å². The van der Waals surface area contributed by atoms with Crippen LogP contribution in [0.2, 0.25) is 15.1 Å². The van der Waals surface area contributed by atoms with Crippen LogP contribution in [-0.2, 0) is 0 Å². The van der Waals surface area contributed by atoms with Gasteiger partial charge in [0.25, 0.3) is 5.91 Å². The summed E-state index contributed by atoms with van der Waals surface area (Å²) in [4.78, 5) is 23.6. The summed E-state index contributed by atoms with van der Waals surface area (Å²) in [6.45, 7) is 3.74. The fraction of sp³-hybridized carbons (Fsp3) is 0.0952. The highest BCUT2D eigenvalue weighted by Gasteiger charge is 2.14. The molecule has 2 N–H and O–H groups in total. The van der Waals surface area contributed by atoms with Gasteiger partial charge in [0.2, 0.25) is 0 Å². The first-order valence-electron chi connectivity index (χ1n) is 8.69. The van der Waals surface area contributed by atoms with E-state index in [1.807, 2.05) is 24.5 Å². The van der Waals surface area contributed by atoms with Crippen LogP contribution in [0.5, 0.6) is 0 Å². The maximum Gasteiger partial charge on any atom is 0.337 e. The van der Waals surface area contributed by atoms with E-state index in [2.05, 4.69) is 10.5 Å². The summed E-state index contributed by atoms with van der Waals surface area (Å²) < 4.78 is 1.88. The number of aromatic nitrogens is 1. The number of carbonyl (C=O) groups is 2. The normalized spacial score (nSPS) is 11.1. The van der Waals surface area contributed by atoms with Gasteiger partial charge < -0.3 is 9.67 Å². The molecule has 0 saturated heterocycles. The molecule has 154 valence electrons. The van der Waals surface area contributed by atoms with Crippen LogP contribution in [0.4, 0.5) is 0 Å². The molecule has 0 aliphatic heterocycles. The average Bonchev–Trinajstić information content (AvgIpc) is 2.95. The van der Waals surface area contributed by atoms with Crippen molar-refractivity contribution in [2.75, 3.05) is 0 Å². The number of aryl methyl sites for hydroxylation is 1. The number of carbonyl (C=O) groups excluding carboxylic acids is 1. The summed E-state index contributed by atoms with van der Waals surface area (Å²) in [5.74, 6) is -1.57. The van der Waals surface area contributed by atoms with Crippen LogP contribution < -0.4 is 5.43 Å². The fourth-order valence-electron chi connectivity index (χ4n) is 3.03. The topological polar surface area (TPSA) is 83.7 Å². The Balaban J connectivity index is 1.85. The van der Waals surface area contributed by atoms with Crippen LogP contribution in [0.25, 0.3) is 5.69 Å². The quantitative estimate of drug-likeness (QED) is 0.385. The number of hydrazone groups is 1. The molecule has 3 rings (SSSR count). The van der Waals surface area contributed by atoms with Gasteiger partial charge in [-0.05, 0) is 56.3 Å². The van der Waals surface area contributed by atoms with E-state index in [1.54, 1.807) is 18.2 Å². The number of amides is 1. The maximum absolute atomic E-state index is 12.3. The Morgan fingerprint density at radius 1 is 1.00 bits per heavy atom. The number of carboxylic acid groups (broad SMARTS) is 1. The zero-order valence-electron chi connectivity index (χ0n) is 15.9. The zero-order valence-corrected chi connectivity index (χ0v) is 18.2. The SMILES string of the molecule is Cc1cc(/C=N\NC(=O)c2ccc(Cl)cc2Cl)c(C)n1-c1ccc(Cl)c(C(=O)O)c1. The lowest BCUT2D eigenvalue weighted by Gasteiger charge is -2.11. The van der Waals surface area contributed by atoms with Crippen molar-refractivity contribution in [2.24, 2.45) is 5.10 Å². The minimum Gasteiger partial charge on any atom is -0.478 e. The van der Waals surface area contributed by atoms with Gasteiger partial charge in [-0.2, -0.15) is 5.10 Å². The molecule has 0 unspecified atom stereocenters. The first-order valence-corrected chi connectivity index (χ1v) is 9.83. The van der Waals surface area contributed by atoms with Crippen molar-refractivity contribution < 1.29 is 14.7 Å². The third-order valence-electron chi connectivity index (χ3n) is 4.45. The lowest BCUT2D eigenvalue weighted by atomic mass is 10.2. The third kappa shape index (κ3) is 4.51. The predicted octanol–water partition coefficient (Wildman–Crippen LogP) is 5.52. The predicted molar refractivity (Wildman–Crippen MR) is 119 cm³/mol. The first kappa shape index (κ1) is 21.9. The lowest BCUT2D eigenvalue weighted by molar-refractivity contribution is 0.0696.